The van der Waals surface area contributed by atoms with Gasteiger partial charge in [-0.15, -0.1) is 0 Å². The van der Waals surface area contributed by atoms with E-state index in [1.807, 2.05) is 0 Å². The van der Waals surface area contributed by atoms with Crippen molar-refractivity contribution in [1.82, 2.24) is 9.55 Å². The minimum absolute atomic E-state index is 0.156. The van der Waals surface area contributed by atoms with Crippen molar-refractivity contribution in [2.75, 3.05) is 0 Å². The third-order valence-electron chi connectivity index (χ3n) is 1.17. The average Bonchev–Trinajstić information content (AvgIpc) is 2.34. The predicted molar refractivity (Wildman–Crippen MR) is 36.8 cm³/mol. The van der Waals surface area contributed by atoms with E-state index >= 15 is 0 Å². The lowest BCUT2D eigenvalue weighted by molar-refractivity contribution is -0.137. The molecule has 0 aliphatic carbocycles. The zero-order valence-corrected chi connectivity index (χ0v) is 5.97. The minimum atomic E-state index is -1.17. The van der Waals surface area contributed by atoms with Crippen LogP contribution in [0.2, 0.25) is 0 Å². The molecule has 0 spiro atoms. The number of hydrogen-bond donors (Lipinski definition) is 2. The fourth-order valence-electron chi connectivity index (χ4n) is 0.713. The first-order valence-electron chi connectivity index (χ1n) is 3.06. The third kappa shape index (κ3) is 1.82. The molecule has 6 nitrogen and oxygen atoms in total. The standard InChI is InChI=1S/C6H6N2O4/c9-5(10)2-8-1-4(6(11)12)7-3-8/h1,3H,2H2,(H,9,10)(H,11,12). The number of aromatic carboxylic acids is 1. The van der Waals surface area contributed by atoms with Gasteiger partial charge in [0.25, 0.3) is 0 Å². The number of nitrogens with zero attached hydrogens (tertiary/aromatic N) is 2. The second-order valence-electron chi connectivity index (χ2n) is 2.13. The van der Waals surface area contributed by atoms with E-state index in [0.29, 0.717) is 0 Å². The number of hydrogen-bond acceptors (Lipinski definition) is 3. The lowest BCUT2D eigenvalue weighted by atomic mass is 10.5. The molecular weight excluding hydrogens is 164 g/mol. The second kappa shape index (κ2) is 3.04. The summed E-state index contributed by atoms with van der Waals surface area (Å²) in [6, 6.07) is 0. The Bertz CT molecular complexity index is 317. The normalized spacial score (nSPS) is 9.67. The van der Waals surface area contributed by atoms with E-state index in [2.05, 4.69) is 4.98 Å². The minimum Gasteiger partial charge on any atom is -0.480 e. The summed E-state index contributed by atoms with van der Waals surface area (Å²) in [5.74, 6) is -2.21. The van der Waals surface area contributed by atoms with Gasteiger partial charge < -0.3 is 14.8 Å². The quantitative estimate of drug-likeness (QED) is 0.647. The molecule has 6 heteroatoms. The van der Waals surface area contributed by atoms with Crippen LogP contribution in [0.4, 0.5) is 0 Å². The van der Waals surface area contributed by atoms with E-state index in [0.717, 1.165) is 12.5 Å². The molecule has 1 rings (SSSR count). The summed E-state index contributed by atoms with van der Waals surface area (Å²) in [7, 11) is 0. The molecule has 1 heterocycles. The Balaban J connectivity index is 2.77. The Kier molecular flexibility index (Phi) is 2.09. The Morgan fingerprint density at radius 2 is 2.17 bits per heavy atom. The van der Waals surface area contributed by atoms with Gasteiger partial charge in [0.05, 0.1) is 6.33 Å². The molecule has 12 heavy (non-hydrogen) atoms. The first-order chi connectivity index (χ1) is 5.59. The van der Waals surface area contributed by atoms with Crippen LogP contribution in [0.15, 0.2) is 12.5 Å². The Morgan fingerprint density at radius 3 is 2.58 bits per heavy atom. The highest BCUT2D eigenvalue weighted by Crippen LogP contribution is 1.95. The van der Waals surface area contributed by atoms with E-state index < -0.39 is 11.9 Å². The SMILES string of the molecule is O=C(O)Cn1cnc(C(=O)O)c1. The highest BCUT2D eigenvalue weighted by atomic mass is 16.4. The van der Waals surface area contributed by atoms with Gasteiger partial charge in [-0.05, 0) is 0 Å². The maximum atomic E-state index is 10.3. The average molecular weight is 170 g/mol. The van der Waals surface area contributed by atoms with Gasteiger partial charge in [-0.1, -0.05) is 0 Å². The van der Waals surface area contributed by atoms with Crippen LogP contribution >= 0.6 is 0 Å². The molecule has 0 unspecified atom stereocenters. The van der Waals surface area contributed by atoms with Gasteiger partial charge in [0.2, 0.25) is 0 Å². The van der Waals surface area contributed by atoms with Crippen molar-refractivity contribution in [3.8, 4) is 0 Å². The van der Waals surface area contributed by atoms with E-state index in [1.54, 1.807) is 0 Å². The number of carboxylic acids is 2. The summed E-state index contributed by atoms with van der Waals surface area (Å²) < 4.78 is 1.19. The van der Waals surface area contributed by atoms with E-state index in [1.165, 1.54) is 4.57 Å². The van der Waals surface area contributed by atoms with Crippen molar-refractivity contribution in [3.63, 3.8) is 0 Å². The summed E-state index contributed by atoms with van der Waals surface area (Å²) in [5.41, 5.74) is -0.156. The fraction of sp³-hybridized carbons (Fsp3) is 0.167. The largest absolute Gasteiger partial charge is 0.480 e. The first-order valence-corrected chi connectivity index (χ1v) is 3.06. The molecule has 0 aromatic carbocycles. The number of imidazole rings is 1. The number of aromatic nitrogens is 2. The van der Waals surface area contributed by atoms with E-state index in [-0.39, 0.29) is 12.2 Å². The third-order valence-corrected chi connectivity index (χ3v) is 1.17. The lowest BCUT2D eigenvalue weighted by Gasteiger charge is -1.92. The Labute approximate surface area is 67.1 Å². The summed E-state index contributed by atoms with van der Waals surface area (Å²) in [6.07, 6.45) is 2.33. The van der Waals surface area contributed by atoms with Gasteiger partial charge in [0.1, 0.15) is 6.54 Å². The lowest BCUT2D eigenvalue weighted by Crippen LogP contribution is -2.06. The van der Waals surface area contributed by atoms with Crippen LogP contribution in [0, 0.1) is 0 Å². The van der Waals surface area contributed by atoms with Gasteiger partial charge in [0, 0.05) is 6.20 Å². The molecule has 0 fully saturated rings. The van der Waals surface area contributed by atoms with Crippen molar-refractivity contribution in [3.05, 3.63) is 18.2 Å². The van der Waals surface area contributed by atoms with Crippen molar-refractivity contribution in [1.29, 1.82) is 0 Å². The molecule has 0 radical (unpaired) electrons. The summed E-state index contributed by atoms with van der Waals surface area (Å²) in [5, 5.41) is 16.7. The number of rotatable bonds is 3. The second-order valence-corrected chi connectivity index (χ2v) is 2.13. The van der Waals surface area contributed by atoms with Crippen LogP contribution in [0.1, 0.15) is 10.5 Å². The van der Waals surface area contributed by atoms with Crippen LogP contribution in [0.25, 0.3) is 0 Å². The van der Waals surface area contributed by atoms with Gasteiger partial charge in [-0.2, -0.15) is 0 Å². The molecule has 0 aliphatic rings. The zero-order valence-electron chi connectivity index (χ0n) is 5.97. The molecule has 0 saturated carbocycles. The summed E-state index contributed by atoms with van der Waals surface area (Å²) >= 11 is 0. The molecule has 64 valence electrons. The number of carbonyl (C=O) groups is 2. The number of aliphatic carboxylic acids is 1. The highest BCUT2D eigenvalue weighted by Gasteiger charge is 2.07. The van der Waals surface area contributed by atoms with E-state index in [9.17, 15) is 9.59 Å². The van der Waals surface area contributed by atoms with E-state index in [4.69, 9.17) is 10.2 Å². The summed E-state index contributed by atoms with van der Waals surface area (Å²) in [4.78, 5) is 23.9. The highest BCUT2D eigenvalue weighted by molar-refractivity contribution is 5.85. The van der Waals surface area contributed by atoms with Crippen LogP contribution < -0.4 is 0 Å². The topological polar surface area (TPSA) is 92.4 Å². The van der Waals surface area contributed by atoms with Crippen LogP contribution in [0.3, 0.4) is 0 Å². The van der Waals surface area contributed by atoms with Crippen LogP contribution in [-0.4, -0.2) is 31.7 Å². The first kappa shape index (κ1) is 8.25. The monoisotopic (exact) mass is 170 g/mol. The molecule has 1 aromatic rings. The molecule has 0 saturated heterocycles. The fourth-order valence-corrected chi connectivity index (χ4v) is 0.713. The van der Waals surface area contributed by atoms with Crippen molar-refractivity contribution in [2.45, 2.75) is 6.54 Å². The molecule has 2 N–H and O–H groups in total. The molecule has 1 aromatic heterocycles. The Morgan fingerprint density at radius 1 is 1.50 bits per heavy atom. The number of carboxylic acid groups (broad SMARTS) is 2. The molecule has 0 bridgehead atoms. The summed E-state index contributed by atoms with van der Waals surface area (Å²) in [6.45, 7) is -0.278. The molecular formula is C6H6N2O4. The van der Waals surface area contributed by atoms with Crippen molar-refractivity contribution >= 4 is 11.9 Å². The van der Waals surface area contributed by atoms with Gasteiger partial charge in [-0.3, -0.25) is 4.79 Å². The zero-order chi connectivity index (χ0) is 9.14. The maximum Gasteiger partial charge on any atom is 0.356 e. The van der Waals surface area contributed by atoms with Crippen molar-refractivity contribution < 1.29 is 19.8 Å². The predicted octanol–water partition coefficient (Wildman–Crippen LogP) is -0.334. The van der Waals surface area contributed by atoms with Crippen molar-refractivity contribution in [2.24, 2.45) is 0 Å². The smallest absolute Gasteiger partial charge is 0.356 e. The Hall–Kier alpha value is -1.85. The molecule has 0 amide bonds. The van der Waals surface area contributed by atoms with Crippen LogP contribution in [0.5, 0.6) is 0 Å². The molecule has 0 atom stereocenters. The van der Waals surface area contributed by atoms with Gasteiger partial charge in [-0.25, -0.2) is 9.78 Å². The van der Waals surface area contributed by atoms with Crippen LogP contribution in [-0.2, 0) is 11.3 Å². The van der Waals surface area contributed by atoms with Gasteiger partial charge >= 0.3 is 11.9 Å². The molecule has 0 aliphatic heterocycles. The maximum absolute atomic E-state index is 10.3. The van der Waals surface area contributed by atoms with Gasteiger partial charge in [0.15, 0.2) is 5.69 Å².